The van der Waals surface area contributed by atoms with Crippen LogP contribution in [0, 0.1) is 5.41 Å². The Morgan fingerprint density at radius 2 is 2.23 bits per heavy atom. The van der Waals surface area contributed by atoms with E-state index in [1.54, 1.807) is 0 Å². The quantitative estimate of drug-likeness (QED) is 0.924. The van der Waals surface area contributed by atoms with E-state index >= 15 is 0 Å². The fourth-order valence-corrected chi connectivity index (χ4v) is 3.79. The third-order valence-electron chi connectivity index (χ3n) is 5.22. The van der Waals surface area contributed by atoms with Crippen molar-refractivity contribution in [3.63, 3.8) is 0 Å². The Morgan fingerprint density at radius 1 is 1.36 bits per heavy atom. The SMILES string of the molecule is CC(C)N1CCCC(C)(COc2cccc3c2CNCC3)C1. The van der Waals surface area contributed by atoms with Crippen molar-refractivity contribution < 1.29 is 4.74 Å². The molecular formula is C19H30N2O. The summed E-state index contributed by atoms with van der Waals surface area (Å²) in [7, 11) is 0. The molecule has 0 amide bonds. The van der Waals surface area contributed by atoms with Crippen molar-refractivity contribution in [2.75, 3.05) is 26.2 Å². The Morgan fingerprint density at radius 3 is 3.05 bits per heavy atom. The zero-order valence-electron chi connectivity index (χ0n) is 14.3. The lowest BCUT2D eigenvalue weighted by Gasteiger charge is -2.42. The van der Waals surface area contributed by atoms with Gasteiger partial charge in [-0.15, -0.1) is 0 Å². The van der Waals surface area contributed by atoms with Gasteiger partial charge in [0.15, 0.2) is 0 Å². The van der Waals surface area contributed by atoms with Gasteiger partial charge in [0.05, 0.1) is 6.61 Å². The molecule has 1 N–H and O–H groups in total. The first kappa shape index (κ1) is 15.8. The second kappa shape index (κ2) is 6.59. The number of nitrogens with zero attached hydrogens (tertiary/aromatic N) is 1. The van der Waals surface area contributed by atoms with E-state index in [4.69, 9.17) is 4.74 Å². The Labute approximate surface area is 135 Å². The van der Waals surface area contributed by atoms with E-state index in [1.807, 2.05) is 0 Å². The topological polar surface area (TPSA) is 24.5 Å². The molecule has 2 aliphatic rings. The smallest absolute Gasteiger partial charge is 0.124 e. The van der Waals surface area contributed by atoms with E-state index < -0.39 is 0 Å². The number of benzene rings is 1. The summed E-state index contributed by atoms with van der Waals surface area (Å²) in [4.78, 5) is 2.59. The van der Waals surface area contributed by atoms with Crippen molar-refractivity contribution in [3.05, 3.63) is 29.3 Å². The fourth-order valence-electron chi connectivity index (χ4n) is 3.79. The molecule has 1 saturated heterocycles. The monoisotopic (exact) mass is 302 g/mol. The molecule has 3 heteroatoms. The molecule has 1 atom stereocenters. The minimum Gasteiger partial charge on any atom is -0.493 e. The molecular weight excluding hydrogens is 272 g/mol. The van der Waals surface area contributed by atoms with Gasteiger partial charge in [0, 0.05) is 30.1 Å². The van der Waals surface area contributed by atoms with Gasteiger partial charge >= 0.3 is 0 Å². The first-order valence-electron chi connectivity index (χ1n) is 8.76. The summed E-state index contributed by atoms with van der Waals surface area (Å²) in [6, 6.07) is 7.15. The van der Waals surface area contributed by atoms with Gasteiger partial charge in [-0.1, -0.05) is 19.1 Å². The second-order valence-electron chi connectivity index (χ2n) is 7.59. The molecule has 3 rings (SSSR count). The van der Waals surface area contributed by atoms with Crippen molar-refractivity contribution in [3.8, 4) is 5.75 Å². The Hall–Kier alpha value is -1.06. The third-order valence-corrected chi connectivity index (χ3v) is 5.22. The summed E-state index contributed by atoms with van der Waals surface area (Å²) in [6.45, 7) is 12.2. The number of ether oxygens (including phenoxy) is 1. The van der Waals surface area contributed by atoms with Crippen LogP contribution >= 0.6 is 0 Å². The van der Waals surface area contributed by atoms with Crippen LogP contribution in [0.5, 0.6) is 5.75 Å². The van der Waals surface area contributed by atoms with Crippen LogP contribution in [-0.4, -0.2) is 37.2 Å². The lowest BCUT2D eigenvalue weighted by molar-refractivity contribution is 0.0401. The molecule has 0 aliphatic carbocycles. The van der Waals surface area contributed by atoms with Crippen molar-refractivity contribution in [1.82, 2.24) is 10.2 Å². The fraction of sp³-hybridized carbons (Fsp3) is 0.684. The number of nitrogens with one attached hydrogen (secondary N) is 1. The van der Waals surface area contributed by atoms with Gasteiger partial charge in [0.2, 0.25) is 0 Å². The summed E-state index contributed by atoms with van der Waals surface area (Å²) >= 11 is 0. The highest BCUT2D eigenvalue weighted by Crippen LogP contribution is 2.33. The van der Waals surface area contributed by atoms with Crippen LogP contribution < -0.4 is 10.1 Å². The molecule has 0 radical (unpaired) electrons. The summed E-state index contributed by atoms with van der Waals surface area (Å²) in [5, 5.41) is 3.46. The molecule has 0 saturated carbocycles. The van der Waals surface area contributed by atoms with E-state index in [0.29, 0.717) is 6.04 Å². The van der Waals surface area contributed by atoms with Gasteiger partial charge in [-0.2, -0.15) is 0 Å². The lowest BCUT2D eigenvalue weighted by atomic mass is 9.82. The zero-order valence-corrected chi connectivity index (χ0v) is 14.3. The summed E-state index contributed by atoms with van der Waals surface area (Å²) < 4.78 is 6.31. The first-order valence-corrected chi connectivity index (χ1v) is 8.76. The maximum absolute atomic E-state index is 6.31. The van der Waals surface area contributed by atoms with E-state index in [-0.39, 0.29) is 5.41 Å². The van der Waals surface area contributed by atoms with E-state index in [0.717, 1.165) is 38.4 Å². The predicted octanol–water partition coefficient (Wildman–Crippen LogP) is 3.22. The number of piperidine rings is 1. The molecule has 1 unspecified atom stereocenters. The maximum atomic E-state index is 6.31. The minimum absolute atomic E-state index is 0.271. The van der Waals surface area contributed by atoms with Crippen LogP contribution in [0.4, 0.5) is 0 Å². The average molecular weight is 302 g/mol. The van der Waals surface area contributed by atoms with Gasteiger partial charge in [0.25, 0.3) is 0 Å². The second-order valence-corrected chi connectivity index (χ2v) is 7.59. The third kappa shape index (κ3) is 3.47. The number of likely N-dealkylation sites (tertiary alicyclic amines) is 1. The molecule has 2 aliphatic heterocycles. The molecule has 0 aromatic heterocycles. The largest absolute Gasteiger partial charge is 0.493 e. The zero-order chi connectivity index (χ0) is 15.6. The van der Waals surface area contributed by atoms with Gasteiger partial charge in [0.1, 0.15) is 5.75 Å². The molecule has 3 nitrogen and oxygen atoms in total. The summed E-state index contributed by atoms with van der Waals surface area (Å²) in [6.07, 6.45) is 3.67. The van der Waals surface area contributed by atoms with Gasteiger partial charge in [-0.05, 0) is 57.8 Å². The van der Waals surface area contributed by atoms with Gasteiger partial charge in [-0.25, -0.2) is 0 Å². The average Bonchev–Trinajstić information content (AvgIpc) is 2.53. The highest BCUT2D eigenvalue weighted by atomic mass is 16.5. The number of hydrogen-bond acceptors (Lipinski definition) is 3. The lowest BCUT2D eigenvalue weighted by Crippen LogP contribution is -2.47. The molecule has 0 spiro atoms. The van der Waals surface area contributed by atoms with Crippen molar-refractivity contribution in [2.24, 2.45) is 5.41 Å². The van der Waals surface area contributed by atoms with Crippen LogP contribution in [0.15, 0.2) is 18.2 Å². The minimum atomic E-state index is 0.271. The van der Waals surface area contributed by atoms with Crippen molar-refractivity contribution >= 4 is 0 Å². The normalized spacial score (nSPS) is 26.0. The Kier molecular flexibility index (Phi) is 4.74. The standard InChI is InChI=1S/C19H30N2O/c1-15(2)21-11-5-9-19(3,13-21)14-22-18-7-4-6-16-8-10-20-12-17(16)18/h4,6-7,15,20H,5,8-14H2,1-3H3. The molecule has 22 heavy (non-hydrogen) atoms. The first-order chi connectivity index (χ1) is 10.6. The number of hydrogen-bond donors (Lipinski definition) is 1. The van der Waals surface area contributed by atoms with Crippen molar-refractivity contribution in [2.45, 2.75) is 52.6 Å². The molecule has 1 fully saturated rings. The highest BCUT2D eigenvalue weighted by molar-refractivity contribution is 5.41. The van der Waals surface area contributed by atoms with Crippen LogP contribution in [-0.2, 0) is 13.0 Å². The molecule has 1 aromatic carbocycles. The number of fused-ring (bicyclic) bond motifs is 1. The van der Waals surface area contributed by atoms with Gasteiger partial charge in [-0.3, -0.25) is 0 Å². The van der Waals surface area contributed by atoms with E-state index in [1.165, 1.54) is 30.5 Å². The molecule has 122 valence electrons. The summed E-state index contributed by atoms with van der Waals surface area (Å²) in [5.41, 5.74) is 3.09. The maximum Gasteiger partial charge on any atom is 0.124 e. The Bertz CT molecular complexity index is 514. The van der Waals surface area contributed by atoms with Crippen LogP contribution in [0.25, 0.3) is 0 Å². The van der Waals surface area contributed by atoms with Gasteiger partial charge < -0.3 is 15.0 Å². The van der Waals surface area contributed by atoms with E-state index in [9.17, 15) is 0 Å². The predicted molar refractivity (Wildman–Crippen MR) is 91.4 cm³/mol. The van der Waals surface area contributed by atoms with Crippen LogP contribution in [0.2, 0.25) is 0 Å². The van der Waals surface area contributed by atoms with Crippen LogP contribution in [0.1, 0.15) is 44.7 Å². The molecule has 0 bridgehead atoms. The van der Waals surface area contributed by atoms with Crippen molar-refractivity contribution in [1.29, 1.82) is 0 Å². The number of rotatable bonds is 4. The van der Waals surface area contributed by atoms with Crippen LogP contribution in [0.3, 0.4) is 0 Å². The molecule has 1 aromatic rings. The Balaban J connectivity index is 1.67. The molecule has 2 heterocycles. The summed E-state index contributed by atoms with van der Waals surface area (Å²) in [5.74, 6) is 1.09. The van der Waals surface area contributed by atoms with E-state index in [2.05, 4.69) is 49.2 Å². The highest BCUT2D eigenvalue weighted by Gasteiger charge is 2.33.